The monoisotopic (exact) mass is 363 g/mol. The van der Waals surface area contributed by atoms with Gasteiger partial charge in [-0.05, 0) is 31.2 Å². The van der Waals surface area contributed by atoms with E-state index in [-0.39, 0.29) is 11.7 Å². The number of carbonyl (C=O) groups is 1. The molecule has 0 unspecified atom stereocenters. The third-order valence-electron chi connectivity index (χ3n) is 4.40. The maximum absolute atomic E-state index is 11.1. The van der Waals surface area contributed by atoms with Gasteiger partial charge in [0, 0.05) is 43.2 Å². The van der Waals surface area contributed by atoms with Gasteiger partial charge in [-0.3, -0.25) is 9.80 Å². The van der Waals surface area contributed by atoms with E-state index in [9.17, 15) is 9.90 Å². The largest absolute Gasteiger partial charge is 0.506 e. The molecule has 138 valence electrons. The molecule has 0 saturated carbocycles. The van der Waals surface area contributed by atoms with Gasteiger partial charge in [-0.2, -0.15) is 9.67 Å². The predicted octanol–water partition coefficient (Wildman–Crippen LogP) is 3.19. The molecule has 1 heterocycles. The molecular weight excluding hydrogens is 340 g/mol. The molecule has 0 aliphatic carbocycles. The summed E-state index contributed by atoms with van der Waals surface area (Å²) in [5.41, 5.74) is 4.01. The second kappa shape index (κ2) is 7.45. The van der Waals surface area contributed by atoms with Crippen LogP contribution in [0.15, 0.2) is 59.7 Å². The standard InChI is InChI=1S/C21H22N4O2/c1-14(18-11-9-16-7-5-6-8-19(16)24(18)3)23-25(4)20-12-10-17(13-21(20)27)22-15(2)26/h5-13H,1-4H3,(H-,22,23,26,27)/p+1. The number of pyridine rings is 1. The van der Waals surface area contributed by atoms with E-state index < -0.39 is 0 Å². The molecule has 0 fully saturated rings. The minimum Gasteiger partial charge on any atom is -0.506 e. The molecule has 0 saturated heterocycles. The van der Waals surface area contributed by atoms with Gasteiger partial charge in [0.15, 0.2) is 0 Å². The summed E-state index contributed by atoms with van der Waals surface area (Å²) in [6.07, 6.45) is 0. The van der Waals surface area contributed by atoms with Crippen LogP contribution in [0.3, 0.4) is 0 Å². The normalized spacial score (nSPS) is 11.5. The quantitative estimate of drug-likeness (QED) is 0.425. The highest BCUT2D eigenvalue weighted by Crippen LogP contribution is 2.29. The van der Waals surface area contributed by atoms with Crippen molar-refractivity contribution in [1.29, 1.82) is 0 Å². The Kier molecular flexibility index (Phi) is 5.07. The van der Waals surface area contributed by atoms with E-state index in [1.807, 2.05) is 32.2 Å². The van der Waals surface area contributed by atoms with Gasteiger partial charge in [0.25, 0.3) is 0 Å². The van der Waals surface area contributed by atoms with Crippen molar-refractivity contribution in [2.24, 2.45) is 12.1 Å². The van der Waals surface area contributed by atoms with Crippen LogP contribution in [0.2, 0.25) is 0 Å². The molecule has 2 N–H and O–H groups in total. The summed E-state index contributed by atoms with van der Waals surface area (Å²) in [4.78, 5) is 11.1. The van der Waals surface area contributed by atoms with E-state index in [1.54, 1.807) is 24.2 Å². The number of carbonyl (C=O) groups excluding carboxylic acids is 1. The van der Waals surface area contributed by atoms with Crippen molar-refractivity contribution in [2.75, 3.05) is 17.4 Å². The first-order valence-electron chi connectivity index (χ1n) is 8.64. The molecule has 2 aromatic carbocycles. The Hall–Kier alpha value is -3.41. The highest BCUT2D eigenvalue weighted by molar-refractivity contribution is 5.97. The van der Waals surface area contributed by atoms with Gasteiger partial charge in [-0.1, -0.05) is 12.1 Å². The highest BCUT2D eigenvalue weighted by Gasteiger charge is 2.16. The van der Waals surface area contributed by atoms with Gasteiger partial charge >= 0.3 is 0 Å². The minimum atomic E-state index is -0.187. The van der Waals surface area contributed by atoms with E-state index in [1.165, 1.54) is 13.0 Å². The number of fused-ring (bicyclic) bond motifs is 1. The lowest BCUT2D eigenvalue weighted by Crippen LogP contribution is -2.37. The van der Waals surface area contributed by atoms with Gasteiger partial charge in [-0.15, -0.1) is 0 Å². The number of hydrogen-bond acceptors (Lipinski definition) is 4. The number of phenols is 1. The summed E-state index contributed by atoms with van der Waals surface area (Å²) in [6, 6.07) is 17.2. The molecule has 0 atom stereocenters. The van der Waals surface area contributed by atoms with Crippen LogP contribution < -0.4 is 14.9 Å². The zero-order chi connectivity index (χ0) is 19.6. The van der Waals surface area contributed by atoms with Crippen molar-refractivity contribution < 1.29 is 14.5 Å². The van der Waals surface area contributed by atoms with Crippen molar-refractivity contribution >= 4 is 33.9 Å². The van der Waals surface area contributed by atoms with Gasteiger partial charge in [-0.25, -0.2) is 0 Å². The fraction of sp³-hybridized carbons (Fsp3) is 0.190. The molecule has 0 spiro atoms. The molecule has 1 amide bonds. The number of nitrogens with zero attached hydrogens (tertiary/aromatic N) is 3. The maximum atomic E-state index is 11.1. The first-order chi connectivity index (χ1) is 12.9. The Labute approximate surface area is 158 Å². The maximum Gasteiger partial charge on any atom is 0.228 e. The molecule has 0 radical (unpaired) electrons. The minimum absolute atomic E-state index is 0.0446. The molecule has 3 aromatic rings. The zero-order valence-corrected chi connectivity index (χ0v) is 15.9. The average molecular weight is 363 g/mol. The SMILES string of the molecule is CC(=O)Nc1ccc(N(C)/N=C(\C)c2ccc3ccccc3[n+]2C)c(O)c1. The van der Waals surface area contributed by atoms with E-state index in [2.05, 4.69) is 33.2 Å². The third-order valence-corrected chi connectivity index (χ3v) is 4.40. The summed E-state index contributed by atoms with van der Waals surface area (Å²) in [6.45, 7) is 3.36. The lowest BCUT2D eigenvalue weighted by Gasteiger charge is -2.16. The number of aromatic nitrogens is 1. The number of phenolic OH excluding ortho intramolecular Hbond substituents is 1. The first kappa shape index (κ1) is 18.4. The van der Waals surface area contributed by atoms with E-state index >= 15 is 0 Å². The number of nitrogens with one attached hydrogen (secondary N) is 1. The second-order valence-corrected chi connectivity index (χ2v) is 6.43. The van der Waals surface area contributed by atoms with Gasteiger partial charge in [0.05, 0.1) is 0 Å². The number of amides is 1. The number of aryl methyl sites for hydroxylation is 1. The van der Waals surface area contributed by atoms with Crippen molar-refractivity contribution in [2.45, 2.75) is 13.8 Å². The summed E-state index contributed by atoms with van der Waals surface area (Å²) < 4.78 is 2.10. The molecule has 0 aliphatic heterocycles. The molecule has 6 nitrogen and oxygen atoms in total. The highest BCUT2D eigenvalue weighted by atomic mass is 16.3. The van der Waals surface area contributed by atoms with Crippen LogP contribution in [-0.4, -0.2) is 23.8 Å². The van der Waals surface area contributed by atoms with Crippen LogP contribution in [0.25, 0.3) is 10.9 Å². The molecule has 0 bridgehead atoms. The fourth-order valence-corrected chi connectivity index (χ4v) is 3.12. The Morgan fingerprint density at radius 2 is 1.85 bits per heavy atom. The predicted molar refractivity (Wildman–Crippen MR) is 108 cm³/mol. The lowest BCUT2D eigenvalue weighted by molar-refractivity contribution is -0.646. The number of hydrogen-bond donors (Lipinski definition) is 2. The van der Waals surface area contributed by atoms with Crippen molar-refractivity contribution in [3.63, 3.8) is 0 Å². The Bertz CT molecular complexity index is 1040. The Morgan fingerprint density at radius 1 is 1.11 bits per heavy atom. The zero-order valence-electron chi connectivity index (χ0n) is 15.9. The van der Waals surface area contributed by atoms with E-state index in [4.69, 9.17) is 0 Å². The topological polar surface area (TPSA) is 68.8 Å². The van der Waals surface area contributed by atoms with Crippen LogP contribution >= 0.6 is 0 Å². The number of hydrazone groups is 1. The molecule has 27 heavy (non-hydrogen) atoms. The van der Waals surface area contributed by atoms with Gasteiger partial charge in [0.1, 0.15) is 24.2 Å². The molecule has 1 aromatic heterocycles. The number of rotatable bonds is 4. The van der Waals surface area contributed by atoms with Gasteiger partial charge in [0.2, 0.25) is 17.1 Å². The fourth-order valence-electron chi connectivity index (χ4n) is 3.12. The summed E-state index contributed by atoms with van der Waals surface area (Å²) >= 11 is 0. The smallest absolute Gasteiger partial charge is 0.228 e. The van der Waals surface area contributed by atoms with Crippen LogP contribution in [0, 0.1) is 0 Å². The van der Waals surface area contributed by atoms with Crippen LogP contribution in [0.1, 0.15) is 19.5 Å². The third kappa shape index (κ3) is 3.89. The van der Waals surface area contributed by atoms with E-state index in [0.29, 0.717) is 11.4 Å². The van der Waals surface area contributed by atoms with Crippen LogP contribution in [0.5, 0.6) is 5.75 Å². The van der Waals surface area contributed by atoms with Crippen molar-refractivity contribution in [3.8, 4) is 5.75 Å². The van der Waals surface area contributed by atoms with Gasteiger partial charge < -0.3 is 10.4 Å². The van der Waals surface area contributed by atoms with Crippen molar-refractivity contribution in [3.05, 3.63) is 60.3 Å². The number of para-hydroxylation sites is 1. The average Bonchev–Trinajstić information content (AvgIpc) is 2.61. The van der Waals surface area contributed by atoms with Crippen LogP contribution in [0.4, 0.5) is 11.4 Å². The van der Waals surface area contributed by atoms with Crippen molar-refractivity contribution in [1.82, 2.24) is 0 Å². The molecule has 3 rings (SSSR count). The summed E-state index contributed by atoms with van der Waals surface area (Å²) in [5.74, 6) is -0.142. The van der Waals surface area contributed by atoms with E-state index in [0.717, 1.165) is 22.3 Å². The number of benzene rings is 2. The lowest BCUT2D eigenvalue weighted by atomic mass is 10.1. The summed E-state index contributed by atoms with van der Waals surface area (Å²) in [5, 5.41) is 20.3. The van der Waals surface area contributed by atoms with Crippen LogP contribution in [-0.2, 0) is 11.8 Å². The molecule has 6 heteroatoms. The second-order valence-electron chi connectivity index (χ2n) is 6.43. The molecular formula is C21H23N4O2+. The molecule has 0 aliphatic rings. The first-order valence-corrected chi connectivity index (χ1v) is 8.64. The Morgan fingerprint density at radius 3 is 2.56 bits per heavy atom. The summed E-state index contributed by atoms with van der Waals surface area (Å²) in [7, 11) is 3.79. The Balaban J connectivity index is 1.92. The number of aromatic hydroxyl groups is 1. The number of anilines is 2.